The van der Waals surface area contributed by atoms with Gasteiger partial charge in [0.2, 0.25) is 0 Å². The summed E-state index contributed by atoms with van der Waals surface area (Å²) in [5.74, 6) is -0.160. The molecule has 0 heterocycles. The van der Waals surface area contributed by atoms with Gasteiger partial charge in [0.1, 0.15) is 0 Å². The van der Waals surface area contributed by atoms with Gasteiger partial charge in [0.25, 0.3) is 15.7 Å². The molecule has 0 bridgehead atoms. The molecule has 0 N–H and O–H groups in total. The smallest absolute Gasteiger partial charge is 0.289 e. The van der Waals surface area contributed by atoms with E-state index in [1.165, 1.54) is 30.5 Å². The molecule has 0 saturated heterocycles. The molecule has 2 nitrogen and oxygen atoms in total. The minimum absolute atomic E-state index is 0.160. The standard InChI is InChI=1S/C12H18O2Si/c1-3-4-7-11-8-5-6-9-12(11)15-14-10(2)13/h5-6,8-9H,3-4,7,15H2,1-2H3. The number of carbonyl (C=O) groups excluding carboxylic acids is 1. The van der Waals surface area contributed by atoms with Crippen molar-refractivity contribution < 1.29 is 9.22 Å². The van der Waals surface area contributed by atoms with Gasteiger partial charge in [-0.3, -0.25) is 4.79 Å². The fourth-order valence-corrected chi connectivity index (χ4v) is 2.56. The quantitative estimate of drug-likeness (QED) is 0.702. The maximum absolute atomic E-state index is 10.8. The van der Waals surface area contributed by atoms with Crippen LogP contribution in [0.3, 0.4) is 0 Å². The fraction of sp³-hybridized carbons (Fsp3) is 0.417. The highest BCUT2D eigenvalue weighted by molar-refractivity contribution is 6.49. The van der Waals surface area contributed by atoms with E-state index in [2.05, 4.69) is 25.1 Å². The summed E-state index contributed by atoms with van der Waals surface area (Å²) in [6, 6.07) is 8.29. The Balaban J connectivity index is 2.63. The highest BCUT2D eigenvalue weighted by Crippen LogP contribution is 2.02. The Morgan fingerprint density at radius 2 is 2.13 bits per heavy atom. The summed E-state index contributed by atoms with van der Waals surface area (Å²) >= 11 is 0. The molecule has 1 rings (SSSR count). The van der Waals surface area contributed by atoms with Crippen molar-refractivity contribution in [2.45, 2.75) is 33.1 Å². The lowest BCUT2D eigenvalue weighted by Gasteiger charge is -2.08. The van der Waals surface area contributed by atoms with Crippen LogP contribution in [0, 0.1) is 0 Å². The molecule has 0 aliphatic rings. The minimum atomic E-state index is -0.865. The van der Waals surface area contributed by atoms with E-state index in [4.69, 9.17) is 4.43 Å². The highest BCUT2D eigenvalue weighted by Gasteiger charge is 2.03. The van der Waals surface area contributed by atoms with Crippen LogP contribution in [-0.2, 0) is 15.6 Å². The van der Waals surface area contributed by atoms with E-state index in [0.717, 1.165) is 6.42 Å². The number of carbonyl (C=O) groups is 1. The first kappa shape index (κ1) is 12.0. The maximum Gasteiger partial charge on any atom is 0.289 e. The summed E-state index contributed by atoms with van der Waals surface area (Å²) in [6.07, 6.45) is 3.50. The molecule has 0 spiro atoms. The highest BCUT2D eigenvalue weighted by atomic mass is 28.2. The molecule has 1 aromatic carbocycles. The van der Waals surface area contributed by atoms with Gasteiger partial charge in [-0.15, -0.1) is 0 Å². The number of hydrogen-bond acceptors (Lipinski definition) is 2. The normalized spacial score (nSPS) is 10.8. The molecule has 0 aliphatic carbocycles. The van der Waals surface area contributed by atoms with Gasteiger partial charge < -0.3 is 4.43 Å². The van der Waals surface area contributed by atoms with Crippen LogP contribution in [0.5, 0.6) is 0 Å². The van der Waals surface area contributed by atoms with Gasteiger partial charge in [0, 0.05) is 6.92 Å². The predicted octanol–water partition coefficient (Wildman–Crippen LogP) is 1.30. The molecule has 3 heteroatoms. The van der Waals surface area contributed by atoms with Crippen molar-refractivity contribution in [3.63, 3.8) is 0 Å². The first-order chi connectivity index (χ1) is 7.24. The van der Waals surface area contributed by atoms with Gasteiger partial charge in [-0.05, 0) is 23.6 Å². The molecule has 0 amide bonds. The summed E-state index contributed by atoms with van der Waals surface area (Å²) < 4.78 is 5.15. The molecule has 0 radical (unpaired) electrons. The van der Waals surface area contributed by atoms with E-state index >= 15 is 0 Å². The average Bonchev–Trinajstić information content (AvgIpc) is 2.24. The zero-order chi connectivity index (χ0) is 11.1. The Kier molecular flexibility index (Phi) is 5.11. The Morgan fingerprint density at radius 3 is 2.80 bits per heavy atom. The summed E-state index contributed by atoms with van der Waals surface area (Å²) in [5.41, 5.74) is 1.35. The molecule has 0 aromatic heterocycles. The third kappa shape index (κ3) is 4.30. The van der Waals surface area contributed by atoms with Gasteiger partial charge in [0.05, 0.1) is 0 Å². The van der Waals surface area contributed by atoms with Gasteiger partial charge in [-0.25, -0.2) is 0 Å². The molecule has 0 unspecified atom stereocenters. The third-order valence-electron chi connectivity index (χ3n) is 2.35. The number of unbranched alkanes of at least 4 members (excludes halogenated alkanes) is 1. The van der Waals surface area contributed by atoms with Crippen molar-refractivity contribution in [1.82, 2.24) is 0 Å². The molecule has 82 valence electrons. The molecular formula is C12H18O2Si. The Labute approximate surface area is 93.6 Å². The summed E-state index contributed by atoms with van der Waals surface area (Å²) in [7, 11) is -0.865. The second-order valence-corrected chi connectivity index (χ2v) is 4.99. The van der Waals surface area contributed by atoms with Gasteiger partial charge in [-0.1, -0.05) is 37.6 Å². The van der Waals surface area contributed by atoms with E-state index in [-0.39, 0.29) is 5.97 Å². The number of rotatable bonds is 5. The second kappa shape index (κ2) is 6.40. The summed E-state index contributed by atoms with van der Waals surface area (Å²) in [6.45, 7) is 3.66. The third-order valence-corrected chi connectivity index (χ3v) is 3.90. The van der Waals surface area contributed by atoms with E-state index in [1.807, 2.05) is 6.07 Å². The van der Waals surface area contributed by atoms with Gasteiger partial charge in [-0.2, -0.15) is 0 Å². The predicted molar refractivity (Wildman–Crippen MR) is 65.0 cm³/mol. The Morgan fingerprint density at radius 1 is 1.40 bits per heavy atom. The topological polar surface area (TPSA) is 26.3 Å². The molecule has 0 atom stereocenters. The maximum atomic E-state index is 10.8. The second-order valence-electron chi connectivity index (χ2n) is 3.65. The van der Waals surface area contributed by atoms with E-state index in [1.54, 1.807) is 0 Å². The molecule has 0 saturated carbocycles. The van der Waals surface area contributed by atoms with Crippen LogP contribution in [0.25, 0.3) is 0 Å². The van der Waals surface area contributed by atoms with E-state index in [9.17, 15) is 4.79 Å². The SMILES string of the molecule is CCCCc1ccccc1[SiH2]OC(C)=O. The average molecular weight is 222 g/mol. The van der Waals surface area contributed by atoms with Crippen molar-refractivity contribution in [2.24, 2.45) is 0 Å². The first-order valence-electron chi connectivity index (χ1n) is 5.44. The largest absolute Gasteiger partial charge is 0.521 e. The molecular weight excluding hydrogens is 204 g/mol. The van der Waals surface area contributed by atoms with E-state index in [0.29, 0.717) is 0 Å². The molecule has 0 fully saturated rings. The van der Waals surface area contributed by atoms with Crippen LogP contribution in [0.1, 0.15) is 32.3 Å². The van der Waals surface area contributed by atoms with Crippen LogP contribution in [0.15, 0.2) is 24.3 Å². The van der Waals surface area contributed by atoms with Crippen LogP contribution in [-0.4, -0.2) is 15.7 Å². The molecule has 1 aromatic rings. The van der Waals surface area contributed by atoms with Crippen molar-refractivity contribution >= 4 is 20.9 Å². The van der Waals surface area contributed by atoms with Crippen molar-refractivity contribution in [2.75, 3.05) is 0 Å². The zero-order valence-corrected chi connectivity index (χ0v) is 10.9. The summed E-state index contributed by atoms with van der Waals surface area (Å²) in [5, 5.41) is 1.26. The van der Waals surface area contributed by atoms with Gasteiger partial charge >= 0.3 is 0 Å². The summed E-state index contributed by atoms with van der Waals surface area (Å²) in [4.78, 5) is 10.8. The minimum Gasteiger partial charge on any atom is -0.521 e. The van der Waals surface area contributed by atoms with Crippen LogP contribution in [0.2, 0.25) is 0 Å². The number of hydrogen-bond donors (Lipinski definition) is 0. The van der Waals surface area contributed by atoms with Crippen LogP contribution >= 0.6 is 0 Å². The molecule has 0 aliphatic heterocycles. The monoisotopic (exact) mass is 222 g/mol. The lowest BCUT2D eigenvalue weighted by Crippen LogP contribution is -2.23. The van der Waals surface area contributed by atoms with E-state index < -0.39 is 9.76 Å². The lowest BCUT2D eigenvalue weighted by atomic mass is 10.1. The fourth-order valence-electron chi connectivity index (χ4n) is 1.49. The van der Waals surface area contributed by atoms with Crippen LogP contribution in [0.4, 0.5) is 0 Å². The van der Waals surface area contributed by atoms with Crippen molar-refractivity contribution in [1.29, 1.82) is 0 Å². The lowest BCUT2D eigenvalue weighted by molar-refractivity contribution is -0.131. The first-order valence-corrected chi connectivity index (χ1v) is 6.72. The Bertz CT molecular complexity index is 323. The zero-order valence-electron chi connectivity index (χ0n) is 9.45. The van der Waals surface area contributed by atoms with Gasteiger partial charge in [0.15, 0.2) is 0 Å². The van der Waals surface area contributed by atoms with Crippen molar-refractivity contribution in [3.8, 4) is 0 Å². The van der Waals surface area contributed by atoms with Crippen molar-refractivity contribution in [3.05, 3.63) is 29.8 Å². The Hall–Kier alpha value is -1.09. The van der Waals surface area contributed by atoms with Crippen LogP contribution < -0.4 is 5.19 Å². The number of benzene rings is 1. The number of aryl methyl sites for hydroxylation is 1. The molecule has 15 heavy (non-hydrogen) atoms.